The molecule has 0 aliphatic carbocycles. The average molecular weight is 390 g/mol. The van der Waals surface area contributed by atoms with E-state index in [9.17, 15) is 13.2 Å². The molecule has 2 rings (SSSR count). The highest BCUT2D eigenvalue weighted by atomic mass is 32.2. The van der Waals surface area contributed by atoms with Gasteiger partial charge in [-0.15, -0.1) is 0 Å². The third-order valence-electron chi connectivity index (χ3n) is 4.19. The summed E-state index contributed by atoms with van der Waals surface area (Å²) in [6.07, 6.45) is 1.00. The summed E-state index contributed by atoms with van der Waals surface area (Å²) >= 11 is 0. The molecule has 0 aromatic heterocycles. The summed E-state index contributed by atoms with van der Waals surface area (Å²) in [5, 5.41) is 2.76. The number of nitrogens with zero attached hydrogens (tertiary/aromatic N) is 2. The van der Waals surface area contributed by atoms with E-state index in [0.29, 0.717) is 12.2 Å². The summed E-state index contributed by atoms with van der Waals surface area (Å²) in [5.74, 6) is -0.193. The van der Waals surface area contributed by atoms with Crippen molar-refractivity contribution in [3.8, 4) is 0 Å². The zero-order valence-corrected chi connectivity index (χ0v) is 17.1. The Morgan fingerprint density at radius 3 is 2.22 bits per heavy atom. The minimum atomic E-state index is -3.53. The van der Waals surface area contributed by atoms with Crippen LogP contribution >= 0.6 is 0 Å². The molecule has 0 spiro atoms. The Kier molecular flexibility index (Phi) is 7.12. The van der Waals surface area contributed by atoms with Gasteiger partial charge in [-0.25, -0.2) is 12.7 Å². The smallest absolute Gasteiger partial charge is 0.242 e. The van der Waals surface area contributed by atoms with Crippen molar-refractivity contribution in [1.82, 2.24) is 9.21 Å². The lowest BCUT2D eigenvalue weighted by Gasteiger charge is -2.17. The van der Waals surface area contributed by atoms with Gasteiger partial charge in [-0.1, -0.05) is 37.3 Å². The predicted molar refractivity (Wildman–Crippen MR) is 108 cm³/mol. The molecule has 0 aliphatic rings. The Morgan fingerprint density at radius 1 is 1.00 bits per heavy atom. The molecule has 0 aliphatic heterocycles. The Bertz CT molecular complexity index is 878. The van der Waals surface area contributed by atoms with Gasteiger partial charge in [0.25, 0.3) is 0 Å². The molecule has 7 heteroatoms. The molecule has 2 aromatic carbocycles. The highest BCUT2D eigenvalue weighted by molar-refractivity contribution is 7.89. The number of aryl methyl sites for hydroxylation is 1. The number of sulfonamides is 1. The average Bonchev–Trinajstić information content (AvgIpc) is 2.62. The van der Waals surface area contributed by atoms with E-state index in [2.05, 4.69) is 36.5 Å². The van der Waals surface area contributed by atoms with Crippen molar-refractivity contribution >= 4 is 21.6 Å². The van der Waals surface area contributed by atoms with E-state index in [-0.39, 0.29) is 17.3 Å². The van der Waals surface area contributed by atoms with Crippen LogP contribution in [0, 0.1) is 0 Å². The number of amides is 1. The minimum Gasteiger partial charge on any atom is -0.325 e. The van der Waals surface area contributed by atoms with E-state index in [1.165, 1.54) is 31.8 Å². The Labute approximate surface area is 161 Å². The molecule has 0 atom stereocenters. The van der Waals surface area contributed by atoms with Crippen LogP contribution in [0.2, 0.25) is 0 Å². The molecule has 0 saturated heterocycles. The monoisotopic (exact) mass is 389 g/mol. The van der Waals surface area contributed by atoms with Gasteiger partial charge in [-0.05, 0) is 42.8 Å². The summed E-state index contributed by atoms with van der Waals surface area (Å²) in [6.45, 7) is 2.98. The molecule has 0 bridgehead atoms. The third-order valence-corrected chi connectivity index (χ3v) is 6.00. The number of nitrogens with one attached hydrogen (secondary N) is 1. The van der Waals surface area contributed by atoms with Gasteiger partial charge in [0.2, 0.25) is 15.9 Å². The van der Waals surface area contributed by atoms with E-state index < -0.39 is 10.0 Å². The molecule has 6 nitrogen and oxygen atoms in total. The second kappa shape index (κ2) is 9.12. The van der Waals surface area contributed by atoms with Crippen molar-refractivity contribution in [2.75, 3.05) is 33.0 Å². The third kappa shape index (κ3) is 5.89. The number of hydrogen-bond acceptors (Lipinski definition) is 4. The largest absolute Gasteiger partial charge is 0.325 e. The van der Waals surface area contributed by atoms with E-state index in [0.717, 1.165) is 16.3 Å². The van der Waals surface area contributed by atoms with Gasteiger partial charge in [-0.2, -0.15) is 0 Å². The maximum Gasteiger partial charge on any atom is 0.242 e. The number of carbonyl (C=O) groups excluding carboxylic acids is 1. The van der Waals surface area contributed by atoms with Crippen LogP contribution in [0.5, 0.6) is 0 Å². The number of likely N-dealkylation sites (N-methyl/N-ethyl adjacent to an activating group) is 1. The molecular formula is C20H27N3O3S. The van der Waals surface area contributed by atoms with Gasteiger partial charge in [-0.3, -0.25) is 9.69 Å². The molecule has 0 saturated carbocycles. The summed E-state index contributed by atoms with van der Waals surface area (Å²) in [4.78, 5) is 14.4. The highest BCUT2D eigenvalue weighted by Gasteiger charge is 2.17. The SMILES string of the molecule is CCc1ccc(CN(C)CC(=O)Nc2cccc(S(=O)(=O)N(C)C)c2)cc1. The molecule has 1 N–H and O–H groups in total. The topological polar surface area (TPSA) is 69.7 Å². The van der Waals surface area contributed by atoms with Crippen molar-refractivity contribution in [3.05, 3.63) is 59.7 Å². The summed E-state index contributed by atoms with van der Waals surface area (Å²) in [5.41, 5.74) is 2.89. The van der Waals surface area contributed by atoms with E-state index in [4.69, 9.17) is 0 Å². The number of anilines is 1. The normalized spacial score (nSPS) is 11.8. The second-order valence-corrected chi connectivity index (χ2v) is 8.86. The van der Waals surface area contributed by atoms with Crippen LogP contribution < -0.4 is 5.32 Å². The fourth-order valence-corrected chi connectivity index (χ4v) is 3.59. The van der Waals surface area contributed by atoms with Crippen LogP contribution in [0.3, 0.4) is 0 Å². The first-order valence-corrected chi connectivity index (χ1v) is 10.2. The zero-order chi connectivity index (χ0) is 20.0. The maximum absolute atomic E-state index is 12.3. The van der Waals surface area contributed by atoms with Crippen LogP contribution in [0.4, 0.5) is 5.69 Å². The highest BCUT2D eigenvalue weighted by Crippen LogP contribution is 2.18. The Balaban J connectivity index is 1.96. The quantitative estimate of drug-likeness (QED) is 0.753. The van der Waals surface area contributed by atoms with Crippen molar-refractivity contribution < 1.29 is 13.2 Å². The molecule has 0 fully saturated rings. The van der Waals surface area contributed by atoms with E-state index >= 15 is 0 Å². The fourth-order valence-electron chi connectivity index (χ4n) is 2.64. The second-order valence-electron chi connectivity index (χ2n) is 6.71. The number of carbonyl (C=O) groups is 1. The zero-order valence-electron chi connectivity index (χ0n) is 16.3. The summed E-state index contributed by atoms with van der Waals surface area (Å²) in [6, 6.07) is 14.6. The number of benzene rings is 2. The Hall–Kier alpha value is -2.22. The van der Waals surface area contributed by atoms with Gasteiger partial charge in [0, 0.05) is 26.3 Å². The molecule has 27 heavy (non-hydrogen) atoms. The van der Waals surface area contributed by atoms with Crippen molar-refractivity contribution in [2.24, 2.45) is 0 Å². The molecule has 0 radical (unpaired) electrons. The van der Waals surface area contributed by atoms with Gasteiger partial charge in [0.05, 0.1) is 11.4 Å². The van der Waals surface area contributed by atoms with Crippen LogP contribution in [0.1, 0.15) is 18.1 Å². The van der Waals surface area contributed by atoms with Crippen LogP contribution in [0.25, 0.3) is 0 Å². The van der Waals surface area contributed by atoms with Gasteiger partial charge >= 0.3 is 0 Å². The van der Waals surface area contributed by atoms with Crippen LogP contribution in [-0.2, 0) is 27.8 Å². The predicted octanol–water partition coefficient (Wildman–Crippen LogP) is 2.57. The van der Waals surface area contributed by atoms with Crippen LogP contribution in [-0.4, -0.2) is 51.2 Å². The van der Waals surface area contributed by atoms with E-state index in [1.807, 2.05) is 11.9 Å². The molecule has 0 unspecified atom stereocenters. The lowest BCUT2D eigenvalue weighted by Crippen LogP contribution is -2.30. The molecular weight excluding hydrogens is 362 g/mol. The summed E-state index contributed by atoms with van der Waals surface area (Å²) in [7, 11) is 1.29. The fraction of sp³-hybridized carbons (Fsp3) is 0.350. The van der Waals surface area contributed by atoms with Crippen molar-refractivity contribution in [3.63, 3.8) is 0 Å². The van der Waals surface area contributed by atoms with Gasteiger partial charge < -0.3 is 5.32 Å². The minimum absolute atomic E-state index is 0.148. The molecule has 146 valence electrons. The van der Waals surface area contributed by atoms with Gasteiger partial charge in [0.15, 0.2) is 0 Å². The lowest BCUT2D eigenvalue weighted by atomic mass is 10.1. The maximum atomic E-state index is 12.3. The summed E-state index contributed by atoms with van der Waals surface area (Å²) < 4.78 is 25.5. The first-order valence-electron chi connectivity index (χ1n) is 8.81. The molecule has 1 amide bonds. The van der Waals surface area contributed by atoms with Crippen LogP contribution in [0.15, 0.2) is 53.4 Å². The van der Waals surface area contributed by atoms with Gasteiger partial charge in [0.1, 0.15) is 0 Å². The first-order chi connectivity index (χ1) is 12.7. The molecule has 2 aromatic rings. The number of rotatable bonds is 8. The standard InChI is InChI=1S/C20H27N3O3S/c1-5-16-9-11-17(12-10-16)14-23(4)15-20(24)21-18-7-6-8-19(13-18)27(25,26)22(2)3/h6-13H,5,14-15H2,1-4H3,(H,21,24). The van der Waals surface area contributed by atoms with E-state index in [1.54, 1.807) is 12.1 Å². The lowest BCUT2D eigenvalue weighted by molar-refractivity contribution is -0.117. The van der Waals surface area contributed by atoms with Crippen molar-refractivity contribution in [2.45, 2.75) is 24.8 Å². The van der Waals surface area contributed by atoms with Crippen molar-refractivity contribution in [1.29, 1.82) is 0 Å². The number of hydrogen-bond donors (Lipinski definition) is 1. The first kappa shape index (κ1) is 21.1. The Morgan fingerprint density at radius 2 is 1.63 bits per heavy atom. The molecule has 0 heterocycles.